The van der Waals surface area contributed by atoms with Crippen LogP contribution in [0.4, 0.5) is 26.3 Å². The second kappa shape index (κ2) is 9.28. The topological polar surface area (TPSA) is 95.2 Å². The van der Waals surface area contributed by atoms with Crippen LogP contribution in [0.25, 0.3) is 11.1 Å². The van der Waals surface area contributed by atoms with Crippen molar-refractivity contribution in [3.63, 3.8) is 0 Å². The standard InChI is InChI=1S/C28H10F6N4/c29-27(30,31)19-5-1-15(2-6-19)21-9-23-24(25(21)17(11-35)12-36)10-22(26(23)18(13-37)14-38)16-3-7-20(8-4-16)28(32,33)34/h1-10H. The van der Waals surface area contributed by atoms with Crippen LogP contribution in [0.15, 0.2) is 94.1 Å². The smallest absolute Gasteiger partial charge is 0.192 e. The Kier molecular flexibility index (Phi) is 6.29. The Balaban J connectivity index is 1.93. The second-order valence-corrected chi connectivity index (χ2v) is 8.04. The Bertz CT molecular complexity index is 1520. The summed E-state index contributed by atoms with van der Waals surface area (Å²) >= 11 is 0. The van der Waals surface area contributed by atoms with Crippen LogP contribution < -0.4 is 0 Å². The highest BCUT2D eigenvalue weighted by Crippen LogP contribution is 2.51. The van der Waals surface area contributed by atoms with Crippen LogP contribution in [0.1, 0.15) is 22.3 Å². The van der Waals surface area contributed by atoms with E-state index >= 15 is 0 Å². The first-order valence-corrected chi connectivity index (χ1v) is 10.6. The predicted octanol–water partition coefficient (Wildman–Crippen LogP) is 7.20. The molecular formula is C28H10F6N4. The summed E-state index contributed by atoms with van der Waals surface area (Å²) in [5.74, 6) is 0. The third-order valence-electron chi connectivity index (χ3n) is 5.94. The monoisotopic (exact) mass is 516 g/mol. The molecule has 0 aromatic heterocycles. The maximum absolute atomic E-state index is 13.1. The molecule has 2 aliphatic carbocycles. The van der Waals surface area contributed by atoms with Gasteiger partial charge >= 0.3 is 12.4 Å². The lowest BCUT2D eigenvalue weighted by atomic mass is 9.90. The zero-order chi connectivity index (χ0) is 27.8. The van der Waals surface area contributed by atoms with E-state index in [-0.39, 0.29) is 55.7 Å². The summed E-state index contributed by atoms with van der Waals surface area (Å²) in [5.41, 5.74) is -1.03. The first-order chi connectivity index (χ1) is 17.9. The third kappa shape index (κ3) is 4.37. The molecule has 0 heterocycles. The minimum absolute atomic E-state index is 0.0689. The molecule has 10 heteroatoms. The second-order valence-electron chi connectivity index (χ2n) is 8.04. The van der Waals surface area contributed by atoms with Crippen molar-refractivity contribution in [3.05, 3.63) is 116 Å². The minimum Gasteiger partial charge on any atom is -0.192 e. The van der Waals surface area contributed by atoms with Gasteiger partial charge in [0.15, 0.2) is 0 Å². The number of rotatable bonds is 2. The molecule has 184 valence electrons. The van der Waals surface area contributed by atoms with Gasteiger partial charge < -0.3 is 0 Å². The van der Waals surface area contributed by atoms with Crippen molar-refractivity contribution in [3.8, 4) is 24.3 Å². The quantitative estimate of drug-likeness (QED) is 0.312. The van der Waals surface area contributed by atoms with Gasteiger partial charge in [-0.2, -0.15) is 47.4 Å². The Labute approximate surface area is 211 Å². The fourth-order valence-electron chi connectivity index (χ4n) is 4.24. The summed E-state index contributed by atoms with van der Waals surface area (Å²) < 4.78 is 78.3. The first kappa shape index (κ1) is 25.8. The summed E-state index contributed by atoms with van der Waals surface area (Å²) in [4.78, 5) is 0. The number of nitriles is 4. The van der Waals surface area contributed by atoms with Crippen LogP contribution in [0.3, 0.4) is 0 Å². The van der Waals surface area contributed by atoms with Crippen LogP contribution in [-0.2, 0) is 12.4 Å². The zero-order valence-corrected chi connectivity index (χ0v) is 18.8. The number of hydrogen-bond acceptors (Lipinski definition) is 4. The van der Waals surface area contributed by atoms with Crippen molar-refractivity contribution >= 4 is 11.1 Å². The van der Waals surface area contributed by atoms with E-state index in [4.69, 9.17) is 0 Å². The van der Waals surface area contributed by atoms with E-state index in [1.54, 1.807) is 24.3 Å². The highest BCUT2D eigenvalue weighted by molar-refractivity contribution is 6.05. The molecule has 0 fully saturated rings. The normalized spacial score (nSPS) is 14.6. The van der Waals surface area contributed by atoms with Gasteiger partial charge in [-0.05, 0) is 69.8 Å². The molecule has 2 aromatic carbocycles. The molecule has 0 aliphatic heterocycles. The molecule has 0 spiro atoms. The van der Waals surface area contributed by atoms with Gasteiger partial charge in [0, 0.05) is 11.1 Å². The Morgan fingerprint density at radius 1 is 0.500 bits per heavy atom. The van der Waals surface area contributed by atoms with E-state index in [0.717, 1.165) is 24.3 Å². The number of allylic oxidation sites excluding steroid dienone is 10. The van der Waals surface area contributed by atoms with Crippen molar-refractivity contribution in [1.82, 2.24) is 0 Å². The molecule has 2 aliphatic rings. The van der Waals surface area contributed by atoms with Crippen LogP contribution in [-0.4, -0.2) is 0 Å². The summed E-state index contributed by atoms with van der Waals surface area (Å²) in [6, 6.07) is 15.1. The average Bonchev–Trinajstić information content (AvgIpc) is 3.42. The van der Waals surface area contributed by atoms with E-state index in [0.29, 0.717) is 0 Å². The summed E-state index contributed by atoms with van der Waals surface area (Å²) in [7, 11) is 0. The lowest BCUT2D eigenvalue weighted by Gasteiger charge is -2.13. The maximum Gasteiger partial charge on any atom is 0.416 e. The van der Waals surface area contributed by atoms with Crippen molar-refractivity contribution in [2.45, 2.75) is 12.4 Å². The fraction of sp³-hybridized carbons (Fsp3) is 0.0714. The van der Waals surface area contributed by atoms with Crippen molar-refractivity contribution in [2.75, 3.05) is 0 Å². The van der Waals surface area contributed by atoms with Crippen LogP contribution in [0.5, 0.6) is 0 Å². The molecule has 38 heavy (non-hydrogen) atoms. The van der Waals surface area contributed by atoms with Gasteiger partial charge in [0.05, 0.1) is 11.1 Å². The summed E-state index contributed by atoms with van der Waals surface area (Å²) in [6.45, 7) is 0. The number of halogens is 6. The van der Waals surface area contributed by atoms with E-state index < -0.39 is 23.5 Å². The molecule has 0 radical (unpaired) electrons. The maximum atomic E-state index is 13.1. The first-order valence-electron chi connectivity index (χ1n) is 10.6. The van der Waals surface area contributed by atoms with E-state index in [1.165, 1.54) is 36.4 Å². The molecule has 4 rings (SSSR count). The van der Waals surface area contributed by atoms with Crippen LogP contribution in [0.2, 0.25) is 0 Å². The molecule has 0 saturated heterocycles. The van der Waals surface area contributed by atoms with Gasteiger partial charge in [0.1, 0.15) is 35.4 Å². The van der Waals surface area contributed by atoms with Gasteiger partial charge in [-0.25, -0.2) is 0 Å². The van der Waals surface area contributed by atoms with Gasteiger partial charge in [-0.3, -0.25) is 0 Å². The van der Waals surface area contributed by atoms with Gasteiger partial charge in [0.25, 0.3) is 0 Å². The lowest BCUT2D eigenvalue weighted by Crippen LogP contribution is -2.04. The zero-order valence-electron chi connectivity index (χ0n) is 18.8. The van der Waals surface area contributed by atoms with Gasteiger partial charge in [-0.1, -0.05) is 24.3 Å². The Morgan fingerprint density at radius 2 is 0.789 bits per heavy atom. The fourth-order valence-corrected chi connectivity index (χ4v) is 4.24. The number of benzene rings is 2. The molecule has 0 saturated carbocycles. The molecule has 0 N–H and O–H groups in total. The molecule has 0 atom stereocenters. The Morgan fingerprint density at radius 3 is 1.03 bits per heavy atom. The molecule has 0 bridgehead atoms. The van der Waals surface area contributed by atoms with Crippen molar-refractivity contribution < 1.29 is 26.3 Å². The Hall–Kier alpha value is -5.32. The van der Waals surface area contributed by atoms with Crippen molar-refractivity contribution in [1.29, 1.82) is 21.0 Å². The van der Waals surface area contributed by atoms with Crippen molar-refractivity contribution in [2.24, 2.45) is 0 Å². The minimum atomic E-state index is -4.59. The predicted molar refractivity (Wildman–Crippen MR) is 122 cm³/mol. The average molecular weight is 516 g/mol. The molecule has 0 unspecified atom stereocenters. The van der Waals surface area contributed by atoms with E-state index in [2.05, 4.69) is 0 Å². The number of alkyl halides is 6. The highest BCUT2D eigenvalue weighted by atomic mass is 19.4. The SMILES string of the molecule is N#CC(C#N)=C1C(c2ccc(C(F)(F)F)cc2)=CC2=C1C=C(c1ccc(C(F)(F)F)cc1)C2=C(C#N)C#N. The lowest BCUT2D eigenvalue weighted by molar-refractivity contribution is -0.138. The van der Waals surface area contributed by atoms with Crippen LogP contribution in [0, 0.1) is 45.3 Å². The summed E-state index contributed by atoms with van der Waals surface area (Å²) in [5, 5.41) is 38.4. The van der Waals surface area contributed by atoms with E-state index in [9.17, 15) is 47.4 Å². The van der Waals surface area contributed by atoms with E-state index in [1.807, 2.05) is 0 Å². The molecule has 0 amide bonds. The molecular weight excluding hydrogens is 506 g/mol. The number of hydrogen-bond donors (Lipinski definition) is 0. The largest absolute Gasteiger partial charge is 0.416 e. The molecule has 2 aromatic rings. The highest BCUT2D eigenvalue weighted by Gasteiger charge is 2.36. The summed E-state index contributed by atoms with van der Waals surface area (Å²) in [6.07, 6.45) is -6.29. The number of nitrogens with zero attached hydrogens (tertiary/aromatic N) is 4. The molecule has 4 nitrogen and oxygen atoms in total. The third-order valence-corrected chi connectivity index (χ3v) is 5.94. The van der Waals surface area contributed by atoms with Gasteiger partial charge in [0.2, 0.25) is 0 Å². The van der Waals surface area contributed by atoms with Gasteiger partial charge in [-0.15, -0.1) is 0 Å². The van der Waals surface area contributed by atoms with Crippen LogP contribution >= 0.6 is 0 Å².